The van der Waals surface area contributed by atoms with E-state index in [1.54, 1.807) is 4.90 Å². The molecule has 21 heavy (non-hydrogen) atoms. The van der Waals surface area contributed by atoms with Crippen molar-refractivity contribution in [3.05, 3.63) is 0 Å². The Bertz CT molecular complexity index is 348. The van der Waals surface area contributed by atoms with Gasteiger partial charge in [-0.25, -0.2) is 0 Å². The molecule has 0 saturated carbocycles. The van der Waals surface area contributed by atoms with Gasteiger partial charge in [-0.05, 0) is 19.8 Å². The predicted molar refractivity (Wildman–Crippen MR) is 82.5 cm³/mol. The molecule has 2 saturated heterocycles. The van der Waals surface area contributed by atoms with Gasteiger partial charge in [-0.2, -0.15) is 0 Å². The van der Waals surface area contributed by atoms with Gasteiger partial charge in [-0.1, -0.05) is 0 Å². The van der Waals surface area contributed by atoms with E-state index < -0.39 is 0 Å². The summed E-state index contributed by atoms with van der Waals surface area (Å²) in [5, 5.41) is 3.16. The summed E-state index contributed by atoms with van der Waals surface area (Å²) in [6.45, 7) is 6.91. The van der Waals surface area contributed by atoms with E-state index in [2.05, 4.69) is 5.32 Å². The number of rotatable bonds is 6. The van der Waals surface area contributed by atoms with Crippen LogP contribution in [0.25, 0.3) is 0 Å². The van der Waals surface area contributed by atoms with Crippen LogP contribution in [-0.4, -0.2) is 73.6 Å². The average molecular weight is 320 g/mol. The van der Waals surface area contributed by atoms with Crippen molar-refractivity contribution >= 4 is 24.2 Å². The second kappa shape index (κ2) is 9.23. The summed E-state index contributed by atoms with van der Waals surface area (Å²) in [7, 11) is 0. The Labute approximate surface area is 132 Å². The molecule has 1 N–H and O–H groups in total. The van der Waals surface area contributed by atoms with E-state index >= 15 is 0 Å². The molecule has 2 aliphatic rings. The molecule has 7 heteroatoms. The monoisotopic (exact) mass is 319 g/mol. The van der Waals surface area contributed by atoms with Crippen LogP contribution >= 0.6 is 12.4 Å². The Morgan fingerprint density at radius 2 is 2.05 bits per heavy atom. The Balaban J connectivity index is 0.00000220. The van der Waals surface area contributed by atoms with Crippen LogP contribution in [0.5, 0.6) is 0 Å². The fourth-order valence-electron chi connectivity index (χ4n) is 2.76. The van der Waals surface area contributed by atoms with Crippen molar-refractivity contribution in [2.45, 2.75) is 32.2 Å². The molecule has 2 rings (SSSR count). The molecule has 0 aliphatic carbocycles. The van der Waals surface area contributed by atoms with Crippen LogP contribution in [0.4, 0.5) is 0 Å². The first-order valence-corrected chi connectivity index (χ1v) is 7.60. The van der Waals surface area contributed by atoms with Crippen LogP contribution in [0, 0.1) is 0 Å². The largest absolute Gasteiger partial charge is 0.380 e. The average Bonchev–Trinajstić information content (AvgIpc) is 2.97. The zero-order valence-electron chi connectivity index (χ0n) is 12.7. The maximum atomic E-state index is 12.3. The predicted octanol–water partition coefficient (Wildman–Crippen LogP) is 0.258. The van der Waals surface area contributed by atoms with Crippen molar-refractivity contribution in [3.8, 4) is 0 Å². The summed E-state index contributed by atoms with van der Waals surface area (Å²) in [5.41, 5.74) is 0. The number of ether oxygens (including phenoxy) is 1. The topological polar surface area (TPSA) is 61.9 Å². The van der Waals surface area contributed by atoms with E-state index in [9.17, 15) is 9.59 Å². The normalized spacial score (nSPS) is 22.3. The van der Waals surface area contributed by atoms with Gasteiger partial charge in [-0.3, -0.25) is 9.59 Å². The number of hydrogen-bond acceptors (Lipinski definition) is 4. The number of carbonyl (C=O) groups is 2. The number of piperazine rings is 1. The summed E-state index contributed by atoms with van der Waals surface area (Å²) in [6, 6.07) is -0.363. The molecule has 0 aromatic rings. The molecule has 2 amide bonds. The quantitative estimate of drug-likeness (QED) is 0.713. The highest BCUT2D eigenvalue weighted by atomic mass is 35.5. The van der Waals surface area contributed by atoms with E-state index in [-0.39, 0.29) is 36.7 Å². The first kappa shape index (κ1) is 18.2. The SMILES string of the molecule is CCOCCN1CCNC(CC(=O)N2CCCC2)C1=O.Cl. The van der Waals surface area contributed by atoms with Gasteiger partial charge in [0.05, 0.1) is 19.1 Å². The van der Waals surface area contributed by atoms with Crippen LogP contribution in [0.1, 0.15) is 26.2 Å². The molecule has 2 fully saturated rings. The standard InChI is InChI=1S/C14H25N3O3.ClH/c1-2-20-10-9-17-8-5-15-12(14(17)19)11-13(18)16-6-3-4-7-16;/h12,15H,2-11H2,1H3;1H. The Hall–Kier alpha value is -0.850. The van der Waals surface area contributed by atoms with E-state index in [1.807, 2.05) is 11.8 Å². The third kappa shape index (κ3) is 5.13. The Morgan fingerprint density at radius 1 is 1.33 bits per heavy atom. The van der Waals surface area contributed by atoms with Crippen LogP contribution < -0.4 is 5.32 Å². The lowest BCUT2D eigenvalue weighted by atomic mass is 10.1. The van der Waals surface area contributed by atoms with Gasteiger partial charge in [-0.15, -0.1) is 12.4 Å². The summed E-state index contributed by atoms with van der Waals surface area (Å²) < 4.78 is 5.29. The fourth-order valence-corrected chi connectivity index (χ4v) is 2.76. The van der Waals surface area contributed by atoms with Crippen molar-refractivity contribution in [3.63, 3.8) is 0 Å². The number of amides is 2. The van der Waals surface area contributed by atoms with Crippen LogP contribution in [-0.2, 0) is 14.3 Å². The van der Waals surface area contributed by atoms with Gasteiger partial charge >= 0.3 is 0 Å². The molecule has 2 heterocycles. The molecule has 0 spiro atoms. The van der Waals surface area contributed by atoms with Crippen molar-refractivity contribution in [2.75, 3.05) is 45.9 Å². The number of nitrogens with one attached hydrogen (secondary N) is 1. The highest BCUT2D eigenvalue weighted by Gasteiger charge is 2.31. The lowest BCUT2D eigenvalue weighted by Crippen LogP contribution is -2.56. The minimum Gasteiger partial charge on any atom is -0.380 e. The van der Waals surface area contributed by atoms with Crippen molar-refractivity contribution < 1.29 is 14.3 Å². The van der Waals surface area contributed by atoms with Crippen LogP contribution in [0.2, 0.25) is 0 Å². The maximum absolute atomic E-state index is 12.3. The molecule has 122 valence electrons. The molecule has 0 aromatic heterocycles. The molecule has 0 radical (unpaired) electrons. The highest BCUT2D eigenvalue weighted by Crippen LogP contribution is 2.12. The minimum absolute atomic E-state index is 0. The summed E-state index contributed by atoms with van der Waals surface area (Å²) in [4.78, 5) is 28.1. The molecule has 6 nitrogen and oxygen atoms in total. The van der Waals surface area contributed by atoms with Crippen LogP contribution in [0.15, 0.2) is 0 Å². The first-order valence-electron chi connectivity index (χ1n) is 7.60. The molecule has 1 unspecified atom stereocenters. The fraction of sp³-hybridized carbons (Fsp3) is 0.857. The van der Waals surface area contributed by atoms with Gasteiger partial charge in [0.25, 0.3) is 0 Å². The van der Waals surface area contributed by atoms with Crippen molar-refractivity contribution in [1.29, 1.82) is 0 Å². The lowest BCUT2D eigenvalue weighted by Gasteiger charge is -2.33. The number of carbonyl (C=O) groups excluding carboxylic acids is 2. The molecule has 1 atom stereocenters. The van der Waals surface area contributed by atoms with E-state index in [0.29, 0.717) is 26.3 Å². The van der Waals surface area contributed by atoms with Gasteiger partial charge in [0.1, 0.15) is 0 Å². The second-order valence-electron chi connectivity index (χ2n) is 5.32. The van der Waals surface area contributed by atoms with Gasteiger partial charge in [0, 0.05) is 39.3 Å². The molecule has 2 aliphatic heterocycles. The van der Waals surface area contributed by atoms with Gasteiger partial charge in [0.2, 0.25) is 11.8 Å². The first-order chi connectivity index (χ1) is 9.72. The maximum Gasteiger partial charge on any atom is 0.240 e. The minimum atomic E-state index is -0.363. The Morgan fingerprint density at radius 3 is 2.71 bits per heavy atom. The van der Waals surface area contributed by atoms with Crippen LogP contribution in [0.3, 0.4) is 0 Å². The van der Waals surface area contributed by atoms with E-state index in [0.717, 1.165) is 32.5 Å². The smallest absolute Gasteiger partial charge is 0.240 e. The summed E-state index contributed by atoms with van der Waals surface area (Å²) in [5.74, 6) is 0.128. The van der Waals surface area contributed by atoms with Crippen molar-refractivity contribution in [1.82, 2.24) is 15.1 Å². The zero-order chi connectivity index (χ0) is 14.4. The molecule has 0 bridgehead atoms. The molecular formula is C14H26ClN3O3. The molecule has 0 aromatic carbocycles. The number of hydrogen-bond donors (Lipinski definition) is 1. The number of nitrogens with zero attached hydrogens (tertiary/aromatic N) is 2. The van der Waals surface area contributed by atoms with E-state index in [4.69, 9.17) is 4.74 Å². The third-order valence-electron chi connectivity index (χ3n) is 3.93. The van der Waals surface area contributed by atoms with Crippen molar-refractivity contribution in [2.24, 2.45) is 0 Å². The Kier molecular flexibility index (Phi) is 8.00. The number of likely N-dealkylation sites (tertiary alicyclic amines) is 1. The van der Waals surface area contributed by atoms with Gasteiger partial charge < -0.3 is 19.9 Å². The highest BCUT2D eigenvalue weighted by molar-refractivity contribution is 5.89. The summed E-state index contributed by atoms with van der Waals surface area (Å²) in [6.07, 6.45) is 2.44. The molecular weight excluding hydrogens is 294 g/mol. The third-order valence-corrected chi connectivity index (χ3v) is 3.93. The summed E-state index contributed by atoms with van der Waals surface area (Å²) >= 11 is 0. The van der Waals surface area contributed by atoms with Gasteiger partial charge in [0.15, 0.2) is 0 Å². The second-order valence-corrected chi connectivity index (χ2v) is 5.32. The van der Waals surface area contributed by atoms with E-state index in [1.165, 1.54) is 0 Å². The zero-order valence-corrected chi connectivity index (χ0v) is 13.5. The number of halogens is 1. The lowest BCUT2D eigenvalue weighted by molar-refractivity contribution is -0.141.